The van der Waals surface area contributed by atoms with Gasteiger partial charge in [0.05, 0.1) is 4.92 Å². The molecule has 0 fully saturated rings. The molecule has 0 aliphatic rings. The van der Waals surface area contributed by atoms with Gasteiger partial charge in [0.15, 0.2) is 0 Å². The summed E-state index contributed by atoms with van der Waals surface area (Å²) in [4.78, 5) is 17.3. The maximum absolute atomic E-state index is 9.89. The highest BCUT2D eigenvalue weighted by Gasteiger charge is 1.98. The maximum Gasteiger partial charge on any atom is 0.262 e. The number of halogens is 1. The molecule has 0 aromatic carbocycles. The highest BCUT2D eigenvalue weighted by Crippen LogP contribution is 2.01. The van der Waals surface area contributed by atoms with Crippen molar-refractivity contribution in [3.8, 4) is 0 Å². The first kappa shape index (κ1) is 18.3. The minimum Gasteiger partial charge on any atom is -0.400 e. The molecule has 0 rings (SSSR count). The smallest absolute Gasteiger partial charge is 0.262 e. The van der Waals surface area contributed by atoms with Crippen LogP contribution in [0.4, 0.5) is 0 Å². The van der Waals surface area contributed by atoms with Gasteiger partial charge in [-0.25, -0.2) is 0 Å². The molecule has 80 valence electrons. The fraction of sp³-hybridized carbons (Fsp3) is 0.125. The predicted octanol–water partition coefficient (Wildman–Crippen LogP) is 1.51. The van der Waals surface area contributed by atoms with Gasteiger partial charge in [-0.15, -0.1) is 0 Å². The Morgan fingerprint density at radius 1 is 1.36 bits per heavy atom. The first-order chi connectivity index (χ1) is 6.54. The third kappa shape index (κ3) is 16.9. The molecule has 0 aliphatic heterocycles. The monoisotopic (exact) mass is 221 g/mol. The Balaban J connectivity index is -0.000000266. The lowest BCUT2D eigenvalue weighted by molar-refractivity contribution is -0.418. The van der Waals surface area contributed by atoms with E-state index in [2.05, 4.69) is 13.2 Å². The number of carbonyl (C=O) groups is 1. The van der Waals surface area contributed by atoms with Crippen LogP contribution < -0.4 is 0 Å². The van der Waals surface area contributed by atoms with Crippen LogP contribution in [0.3, 0.4) is 0 Å². The summed E-state index contributed by atoms with van der Waals surface area (Å²) in [6, 6.07) is 0. The van der Waals surface area contributed by atoms with Crippen LogP contribution >= 0.6 is 11.6 Å². The molecule has 1 N–H and O–H groups in total. The molecule has 0 saturated carbocycles. The fourth-order valence-corrected chi connectivity index (χ4v) is 0.310. The maximum atomic E-state index is 9.89. The Bertz CT molecular complexity index is 225. The summed E-state index contributed by atoms with van der Waals surface area (Å²) in [5.74, 6) is 0. The second kappa shape index (κ2) is 14.1. The topological polar surface area (TPSA) is 80.4 Å². The third-order valence-corrected chi connectivity index (χ3v) is 0.817. The Kier molecular flexibility index (Phi) is 18.5. The number of hydrogen-bond donors (Lipinski definition) is 1. The molecule has 0 aliphatic carbocycles. The number of nitrogens with zero attached hydrogens (tertiary/aromatic N) is 1. The lowest BCUT2D eigenvalue weighted by Gasteiger charge is -1.84. The van der Waals surface area contributed by atoms with E-state index in [1.807, 2.05) is 6.79 Å². The van der Waals surface area contributed by atoms with Crippen molar-refractivity contribution in [3.63, 3.8) is 0 Å². The number of hydrogen-bond acceptors (Lipinski definition) is 4. The first-order valence-corrected chi connectivity index (χ1v) is 3.51. The number of carbonyl (C=O) groups excluding carboxylic acids is 1. The van der Waals surface area contributed by atoms with Gasteiger partial charge in [0.2, 0.25) is 0 Å². The van der Waals surface area contributed by atoms with Crippen molar-refractivity contribution in [1.82, 2.24) is 0 Å². The van der Waals surface area contributed by atoms with Gasteiger partial charge in [0.1, 0.15) is 6.79 Å². The molecule has 0 heterocycles. The van der Waals surface area contributed by atoms with E-state index in [0.717, 1.165) is 7.11 Å². The molecule has 5 nitrogen and oxygen atoms in total. The lowest BCUT2D eigenvalue weighted by atomic mass is 10.4. The zero-order valence-electron chi connectivity index (χ0n) is 7.77. The van der Waals surface area contributed by atoms with Crippen LogP contribution in [-0.2, 0) is 4.79 Å². The first-order valence-electron chi connectivity index (χ1n) is 3.13. The lowest BCUT2D eigenvalue weighted by Crippen LogP contribution is -1.91. The Labute approximate surface area is 87.1 Å². The molecule has 0 aromatic heterocycles. The van der Waals surface area contributed by atoms with Crippen molar-refractivity contribution < 1.29 is 14.8 Å². The van der Waals surface area contributed by atoms with Crippen LogP contribution in [0.1, 0.15) is 0 Å². The van der Waals surface area contributed by atoms with Crippen LogP contribution in [0.25, 0.3) is 0 Å². The zero-order valence-corrected chi connectivity index (χ0v) is 8.53. The van der Waals surface area contributed by atoms with Gasteiger partial charge >= 0.3 is 0 Å². The molecular formula is C8H12ClNO4. The molecular weight excluding hydrogens is 210 g/mol. The quantitative estimate of drug-likeness (QED) is 0.445. The normalized spacial score (nSPS) is 7.64. The van der Waals surface area contributed by atoms with E-state index in [4.69, 9.17) is 21.5 Å². The number of aliphatic hydroxyl groups is 1. The Hall–Kier alpha value is -1.46. The summed E-state index contributed by atoms with van der Waals surface area (Å²) in [7, 11) is 1.00. The van der Waals surface area contributed by atoms with Gasteiger partial charge in [-0.1, -0.05) is 18.2 Å². The molecule has 14 heavy (non-hydrogen) atoms. The van der Waals surface area contributed by atoms with Crippen molar-refractivity contribution in [2.75, 3.05) is 7.11 Å². The van der Waals surface area contributed by atoms with E-state index in [1.54, 1.807) is 0 Å². The van der Waals surface area contributed by atoms with Gasteiger partial charge in [0.25, 0.3) is 5.70 Å². The summed E-state index contributed by atoms with van der Waals surface area (Å²) in [6.07, 6.45) is 2.50. The average Bonchev–Trinajstić information content (AvgIpc) is 2.20. The van der Waals surface area contributed by atoms with Gasteiger partial charge < -0.3 is 9.90 Å². The van der Waals surface area contributed by atoms with E-state index in [1.165, 1.54) is 12.2 Å². The van der Waals surface area contributed by atoms with Crippen LogP contribution in [-0.4, -0.2) is 23.9 Å². The zero-order chi connectivity index (χ0) is 12.1. The van der Waals surface area contributed by atoms with E-state index in [0.29, 0.717) is 0 Å². The molecule has 0 aromatic rings. The predicted molar refractivity (Wildman–Crippen MR) is 55.5 cm³/mol. The largest absolute Gasteiger partial charge is 0.400 e. The van der Waals surface area contributed by atoms with Crippen LogP contribution in [0.2, 0.25) is 0 Å². The highest BCUT2D eigenvalue weighted by atomic mass is 35.5. The third-order valence-electron chi connectivity index (χ3n) is 0.691. The summed E-state index contributed by atoms with van der Waals surface area (Å²) >= 11 is 5.28. The van der Waals surface area contributed by atoms with Crippen molar-refractivity contribution in [2.45, 2.75) is 0 Å². The minimum atomic E-state index is -0.601. The summed E-state index contributed by atoms with van der Waals surface area (Å²) < 4.78 is 0. The Morgan fingerprint density at radius 2 is 1.71 bits per heavy atom. The van der Waals surface area contributed by atoms with Crippen molar-refractivity contribution in [3.05, 3.63) is 46.2 Å². The van der Waals surface area contributed by atoms with Crippen molar-refractivity contribution in [2.24, 2.45) is 0 Å². The SMILES string of the molecule is C=C(Cl)/C=C\C(=C)[N+](=O)[O-].C=O.CO. The molecule has 0 unspecified atom stereocenters. The van der Waals surface area contributed by atoms with Gasteiger partial charge in [-0.3, -0.25) is 10.1 Å². The van der Waals surface area contributed by atoms with Crippen molar-refractivity contribution >= 4 is 18.4 Å². The van der Waals surface area contributed by atoms with E-state index < -0.39 is 4.92 Å². The van der Waals surface area contributed by atoms with E-state index in [-0.39, 0.29) is 10.7 Å². The molecule has 0 bridgehead atoms. The summed E-state index contributed by atoms with van der Waals surface area (Å²) in [6.45, 7) is 8.44. The number of allylic oxidation sites excluding steroid dienone is 3. The second-order valence-electron chi connectivity index (χ2n) is 1.53. The minimum absolute atomic E-state index is 0.207. The second-order valence-corrected chi connectivity index (χ2v) is 2.01. The van der Waals surface area contributed by atoms with E-state index in [9.17, 15) is 10.1 Å². The molecule has 0 amide bonds. The fourth-order valence-electron chi connectivity index (χ4n) is 0.247. The molecule has 6 heteroatoms. The van der Waals surface area contributed by atoms with Gasteiger partial charge in [-0.05, 0) is 12.7 Å². The standard InChI is InChI=1S/C6H6ClNO2.CH4O.CH2O/c1-5(7)3-4-6(2)8(9)10;2*1-2/h3-4H,1-2H2;2H,1H3;1H2/b4-3-;;. The van der Waals surface area contributed by atoms with Gasteiger partial charge in [0, 0.05) is 18.2 Å². The number of nitro groups is 1. The number of aliphatic hydroxyl groups excluding tert-OH is 1. The summed E-state index contributed by atoms with van der Waals surface area (Å²) in [5, 5.41) is 17.1. The van der Waals surface area contributed by atoms with E-state index >= 15 is 0 Å². The number of rotatable bonds is 3. The molecule has 0 saturated heterocycles. The van der Waals surface area contributed by atoms with Crippen molar-refractivity contribution in [1.29, 1.82) is 0 Å². The summed E-state index contributed by atoms with van der Waals surface area (Å²) in [5.41, 5.74) is -0.207. The molecule has 0 atom stereocenters. The van der Waals surface area contributed by atoms with Crippen LogP contribution in [0.15, 0.2) is 36.0 Å². The van der Waals surface area contributed by atoms with Crippen LogP contribution in [0, 0.1) is 10.1 Å². The molecule has 0 spiro atoms. The Morgan fingerprint density at radius 3 is 1.93 bits per heavy atom. The molecule has 0 radical (unpaired) electrons. The van der Waals surface area contributed by atoms with Gasteiger partial charge in [-0.2, -0.15) is 0 Å². The highest BCUT2D eigenvalue weighted by molar-refractivity contribution is 6.30. The average molecular weight is 222 g/mol. The van der Waals surface area contributed by atoms with Crippen LogP contribution in [0.5, 0.6) is 0 Å².